The number of rotatable bonds is 4. The van der Waals surface area contributed by atoms with Crippen LogP contribution in [-0.2, 0) is 4.74 Å². The molecule has 24 heavy (non-hydrogen) atoms. The number of esters is 1. The summed E-state index contributed by atoms with van der Waals surface area (Å²) in [5.74, 6) is 0.319. The highest BCUT2D eigenvalue weighted by Gasteiger charge is 2.10. The molecule has 0 fully saturated rings. The SMILES string of the molecule is CCOC(=O)c1ccc2[nH]c(-c3ccc(OC)cc3)cc(=O)c2c1. The second-order valence-corrected chi connectivity index (χ2v) is 5.26. The summed E-state index contributed by atoms with van der Waals surface area (Å²) in [4.78, 5) is 27.5. The highest BCUT2D eigenvalue weighted by molar-refractivity contribution is 5.94. The van der Waals surface area contributed by atoms with E-state index < -0.39 is 5.97 Å². The Kier molecular flexibility index (Phi) is 4.33. The third kappa shape index (κ3) is 3.01. The Morgan fingerprint density at radius 3 is 2.50 bits per heavy atom. The minimum absolute atomic E-state index is 0.152. The van der Waals surface area contributed by atoms with E-state index in [4.69, 9.17) is 9.47 Å². The normalized spacial score (nSPS) is 10.6. The molecule has 0 unspecified atom stereocenters. The molecule has 1 heterocycles. The van der Waals surface area contributed by atoms with Crippen molar-refractivity contribution < 1.29 is 14.3 Å². The van der Waals surface area contributed by atoms with Gasteiger partial charge < -0.3 is 14.5 Å². The summed E-state index contributed by atoms with van der Waals surface area (Å²) in [5, 5.41) is 0.456. The van der Waals surface area contributed by atoms with Gasteiger partial charge in [-0.15, -0.1) is 0 Å². The van der Waals surface area contributed by atoms with Gasteiger partial charge in [0.05, 0.1) is 19.3 Å². The summed E-state index contributed by atoms with van der Waals surface area (Å²) in [6, 6.07) is 13.9. The first-order valence-electron chi connectivity index (χ1n) is 7.61. The molecule has 0 amide bonds. The molecule has 3 rings (SSSR count). The molecule has 1 aromatic heterocycles. The van der Waals surface area contributed by atoms with Gasteiger partial charge in [0, 0.05) is 22.7 Å². The molecule has 5 nitrogen and oxygen atoms in total. The van der Waals surface area contributed by atoms with Crippen molar-refractivity contribution >= 4 is 16.9 Å². The van der Waals surface area contributed by atoms with Crippen molar-refractivity contribution in [2.45, 2.75) is 6.92 Å². The van der Waals surface area contributed by atoms with Crippen LogP contribution in [0.5, 0.6) is 5.75 Å². The highest BCUT2D eigenvalue weighted by atomic mass is 16.5. The van der Waals surface area contributed by atoms with Crippen LogP contribution >= 0.6 is 0 Å². The Morgan fingerprint density at radius 2 is 1.83 bits per heavy atom. The number of ether oxygens (including phenoxy) is 2. The topological polar surface area (TPSA) is 68.4 Å². The fourth-order valence-corrected chi connectivity index (χ4v) is 2.51. The quantitative estimate of drug-likeness (QED) is 0.747. The minimum atomic E-state index is -0.432. The number of fused-ring (bicyclic) bond motifs is 1. The maximum Gasteiger partial charge on any atom is 0.338 e. The summed E-state index contributed by atoms with van der Waals surface area (Å²) in [7, 11) is 1.61. The van der Waals surface area contributed by atoms with Crippen LogP contribution in [0, 0.1) is 0 Å². The van der Waals surface area contributed by atoms with E-state index in [1.54, 1.807) is 32.2 Å². The number of H-pyrrole nitrogens is 1. The van der Waals surface area contributed by atoms with Gasteiger partial charge in [0.2, 0.25) is 0 Å². The minimum Gasteiger partial charge on any atom is -0.497 e. The van der Waals surface area contributed by atoms with E-state index in [0.717, 1.165) is 11.3 Å². The van der Waals surface area contributed by atoms with Crippen LogP contribution in [0.4, 0.5) is 0 Å². The molecule has 0 radical (unpaired) electrons. The third-order valence-corrected chi connectivity index (χ3v) is 3.74. The van der Waals surface area contributed by atoms with Crippen LogP contribution < -0.4 is 10.2 Å². The predicted octanol–water partition coefficient (Wildman–Crippen LogP) is 3.38. The van der Waals surface area contributed by atoms with Crippen LogP contribution in [0.25, 0.3) is 22.2 Å². The number of hydrogen-bond acceptors (Lipinski definition) is 4. The monoisotopic (exact) mass is 323 g/mol. The van der Waals surface area contributed by atoms with Gasteiger partial charge in [-0.25, -0.2) is 4.79 Å². The number of nitrogens with one attached hydrogen (secondary N) is 1. The molecule has 0 saturated carbocycles. The molecule has 122 valence electrons. The Balaban J connectivity index is 2.05. The van der Waals surface area contributed by atoms with Gasteiger partial charge in [-0.05, 0) is 55.0 Å². The highest BCUT2D eigenvalue weighted by Crippen LogP contribution is 2.22. The zero-order valence-corrected chi connectivity index (χ0v) is 13.5. The van der Waals surface area contributed by atoms with Crippen molar-refractivity contribution in [1.29, 1.82) is 0 Å². The fraction of sp³-hybridized carbons (Fsp3) is 0.158. The molecule has 0 atom stereocenters. The molecule has 2 aromatic carbocycles. The molecular formula is C19H17NO4. The van der Waals surface area contributed by atoms with E-state index in [9.17, 15) is 9.59 Å². The maximum absolute atomic E-state index is 12.4. The fourth-order valence-electron chi connectivity index (χ4n) is 2.51. The molecule has 5 heteroatoms. The first kappa shape index (κ1) is 15.8. The third-order valence-electron chi connectivity index (χ3n) is 3.74. The molecule has 0 aliphatic rings. The summed E-state index contributed by atoms with van der Waals surface area (Å²) >= 11 is 0. The summed E-state index contributed by atoms with van der Waals surface area (Å²) in [5.41, 5.74) is 2.47. The Hall–Kier alpha value is -3.08. The number of hydrogen-bond donors (Lipinski definition) is 1. The molecule has 0 saturated heterocycles. The van der Waals surface area contributed by atoms with Gasteiger partial charge in [-0.2, -0.15) is 0 Å². The predicted molar refractivity (Wildman–Crippen MR) is 92.5 cm³/mol. The van der Waals surface area contributed by atoms with Crippen LogP contribution in [0.1, 0.15) is 17.3 Å². The van der Waals surface area contributed by atoms with Gasteiger partial charge in [-0.1, -0.05) is 0 Å². The van der Waals surface area contributed by atoms with Gasteiger partial charge in [-0.3, -0.25) is 4.79 Å². The van der Waals surface area contributed by atoms with Crippen LogP contribution in [0.15, 0.2) is 53.3 Å². The van der Waals surface area contributed by atoms with E-state index in [2.05, 4.69) is 4.98 Å². The average molecular weight is 323 g/mol. The number of carbonyl (C=O) groups is 1. The van der Waals surface area contributed by atoms with Crippen LogP contribution in [0.2, 0.25) is 0 Å². The first-order valence-corrected chi connectivity index (χ1v) is 7.61. The number of benzene rings is 2. The molecule has 0 aliphatic heterocycles. The number of aromatic amines is 1. The van der Waals surface area contributed by atoms with E-state index in [0.29, 0.717) is 28.8 Å². The van der Waals surface area contributed by atoms with Gasteiger partial charge in [0.25, 0.3) is 0 Å². The van der Waals surface area contributed by atoms with Crippen LogP contribution in [-0.4, -0.2) is 24.7 Å². The van der Waals surface area contributed by atoms with Gasteiger partial charge >= 0.3 is 5.97 Å². The molecule has 3 aromatic rings. The summed E-state index contributed by atoms with van der Waals surface area (Å²) < 4.78 is 10.1. The second kappa shape index (κ2) is 6.58. The lowest BCUT2D eigenvalue weighted by atomic mass is 10.1. The van der Waals surface area contributed by atoms with E-state index in [1.165, 1.54) is 6.07 Å². The van der Waals surface area contributed by atoms with Crippen molar-refractivity contribution in [1.82, 2.24) is 4.98 Å². The van der Waals surface area contributed by atoms with Gasteiger partial charge in [0.15, 0.2) is 5.43 Å². The molecule has 0 aliphatic carbocycles. The largest absolute Gasteiger partial charge is 0.497 e. The van der Waals surface area contributed by atoms with Crippen molar-refractivity contribution in [2.24, 2.45) is 0 Å². The number of aromatic nitrogens is 1. The molecule has 1 N–H and O–H groups in total. The van der Waals surface area contributed by atoms with E-state index in [1.807, 2.05) is 24.3 Å². The average Bonchev–Trinajstić information content (AvgIpc) is 2.61. The zero-order valence-electron chi connectivity index (χ0n) is 13.5. The Labute approximate surface area is 138 Å². The number of pyridine rings is 1. The van der Waals surface area contributed by atoms with E-state index in [-0.39, 0.29) is 5.43 Å². The van der Waals surface area contributed by atoms with Crippen molar-refractivity contribution in [3.63, 3.8) is 0 Å². The second-order valence-electron chi connectivity index (χ2n) is 5.26. The number of methoxy groups -OCH3 is 1. The summed E-state index contributed by atoms with van der Waals surface area (Å²) in [6.07, 6.45) is 0. The van der Waals surface area contributed by atoms with Crippen molar-refractivity contribution in [2.75, 3.05) is 13.7 Å². The molecular weight excluding hydrogens is 306 g/mol. The van der Waals surface area contributed by atoms with Crippen molar-refractivity contribution in [3.8, 4) is 17.0 Å². The lowest BCUT2D eigenvalue weighted by Gasteiger charge is -2.07. The smallest absolute Gasteiger partial charge is 0.338 e. The standard InChI is InChI=1S/C19H17NO4/c1-3-24-19(22)13-6-9-16-15(10-13)18(21)11-17(20-16)12-4-7-14(23-2)8-5-12/h4-11H,3H2,1-2H3,(H,20,21). The Bertz CT molecular complexity index is 942. The zero-order chi connectivity index (χ0) is 17.1. The number of carbonyl (C=O) groups excluding carboxylic acids is 1. The molecule has 0 spiro atoms. The lowest BCUT2D eigenvalue weighted by Crippen LogP contribution is -2.08. The lowest BCUT2D eigenvalue weighted by molar-refractivity contribution is 0.0526. The van der Waals surface area contributed by atoms with Gasteiger partial charge in [0.1, 0.15) is 5.75 Å². The maximum atomic E-state index is 12.4. The summed E-state index contributed by atoms with van der Waals surface area (Å²) in [6.45, 7) is 2.04. The van der Waals surface area contributed by atoms with E-state index >= 15 is 0 Å². The van der Waals surface area contributed by atoms with Crippen LogP contribution in [0.3, 0.4) is 0 Å². The Morgan fingerprint density at radius 1 is 1.08 bits per heavy atom. The molecule has 0 bridgehead atoms. The first-order chi connectivity index (χ1) is 11.6. The van der Waals surface area contributed by atoms with Crippen molar-refractivity contribution in [3.05, 3.63) is 64.3 Å².